The number of carbonyl (C=O) groups excluding carboxylic acids is 2. The van der Waals surface area contributed by atoms with E-state index in [1.807, 2.05) is 0 Å². The molecule has 0 aliphatic carbocycles. The Balaban J connectivity index is 1.60. The molecule has 2 aromatic rings. The number of nitrogens with two attached hydrogens (primary N) is 1. The van der Waals surface area contributed by atoms with Gasteiger partial charge in [0.25, 0.3) is 5.91 Å². The molecule has 184 valence electrons. The van der Waals surface area contributed by atoms with Crippen molar-refractivity contribution in [2.24, 2.45) is 11.1 Å². The highest BCUT2D eigenvalue weighted by molar-refractivity contribution is 6.31. The summed E-state index contributed by atoms with van der Waals surface area (Å²) >= 11 is 5.96. The number of likely N-dealkylation sites (tertiary alicyclic amines) is 1. The summed E-state index contributed by atoms with van der Waals surface area (Å²) in [4.78, 5) is 25.8. The molecule has 1 heterocycles. The molecular formula is C24H30ClFN4O4. The Morgan fingerprint density at radius 2 is 1.88 bits per heavy atom. The molecule has 0 bridgehead atoms. The predicted molar refractivity (Wildman–Crippen MR) is 128 cm³/mol. The lowest BCUT2D eigenvalue weighted by atomic mass is 9.73. The first-order valence-corrected chi connectivity index (χ1v) is 11.5. The second kappa shape index (κ2) is 12.0. The summed E-state index contributed by atoms with van der Waals surface area (Å²) in [5, 5.41) is 15.3. The van der Waals surface area contributed by atoms with Crippen molar-refractivity contribution >= 4 is 29.2 Å². The van der Waals surface area contributed by atoms with E-state index in [1.165, 1.54) is 18.2 Å². The molecule has 0 saturated carbocycles. The van der Waals surface area contributed by atoms with Gasteiger partial charge >= 0.3 is 6.03 Å². The Morgan fingerprint density at radius 3 is 2.53 bits per heavy atom. The fourth-order valence-corrected chi connectivity index (χ4v) is 4.38. The number of urea groups is 1. The highest BCUT2D eigenvalue weighted by atomic mass is 35.5. The smallest absolute Gasteiger partial charge is 0.316 e. The first-order chi connectivity index (χ1) is 16.3. The number of anilines is 1. The summed E-state index contributed by atoms with van der Waals surface area (Å²) in [5.74, 6) is -0.141. The molecule has 3 amide bonds. The number of carbonyl (C=O) groups is 2. The Hall–Kier alpha value is -2.88. The SMILES string of the molecule is NC(=O)Nc1cc(Cl)ccc1OCC(=O)N1CCC(CNCCO)(Cc2ccc(F)cc2)CC1. The zero-order valence-electron chi connectivity index (χ0n) is 18.9. The van der Waals surface area contributed by atoms with Crippen molar-refractivity contribution in [2.45, 2.75) is 19.3 Å². The van der Waals surface area contributed by atoms with Crippen molar-refractivity contribution in [3.63, 3.8) is 0 Å². The summed E-state index contributed by atoms with van der Waals surface area (Å²) in [6, 6.07) is 10.4. The van der Waals surface area contributed by atoms with E-state index in [4.69, 9.17) is 27.2 Å². The second-order valence-corrected chi connectivity index (χ2v) is 8.94. The Kier molecular flexibility index (Phi) is 9.09. The summed E-state index contributed by atoms with van der Waals surface area (Å²) in [6.45, 7) is 2.14. The predicted octanol–water partition coefficient (Wildman–Crippen LogP) is 2.78. The van der Waals surface area contributed by atoms with Crippen LogP contribution in [0.3, 0.4) is 0 Å². The van der Waals surface area contributed by atoms with Crippen LogP contribution in [0.1, 0.15) is 18.4 Å². The monoisotopic (exact) mass is 492 g/mol. The molecule has 5 N–H and O–H groups in total. The number of benzene rings is 2. The van der Waals surface area contributed by atoms with E-state index in [1.54, 1.807) is 29.2 Å². The topological polar surface area (TPSA) is 117 Å². The van der Waals surface area contributed by atoms with Gasteiger partial charge in [0.15, 0.2) is 6.61 Å². The molecule has 8 nitrogen and oxygen atoms in total. The summed E-state index contributed by atoms with van der Waals surface area (Å²) in [5.41, 5.74) is 6.40. The van der Waals surface area contributed by atoms with Crippen LogP contribution in [0, 0.1) is 11.2 Å². The molecule has 3 rings (SSSR count). The molecule has 0 atom stereocenters. The standard InChI is InChI=1S/C24H30ClFN4O4/c25-18-3-6-21(20(13-18)29-23(27)33)34-15-22(32)30-10-7-24(8-11-30,16-28-9-12-31)14-17-1-4-19(26)5-2-17/h1-6,13,28,31H,7-12,14-16H2,(H3,27,29,33). The van der Waals surface area contributed by atoms with E-state index in [2.05, 4.69) is 10.6 Å². The van der Waals surface area contributed by atoms with E-state index in [0.29, 0.717) is 42.6 Å². The third-order valence-corrected chi connectivity index (χ3v) is 6.24. The van der Waals surface area contributed by atoms with Gasteiger partial charge in [-0.25, -0.2) is 9.18 Å². The van der Waals surface area contributed by atoms with E-state index in [-0.39, 0.29) is 30.4 Å². The molecule has 10 heteroatoms. The quantitative estimate of drug-likeness (QED) is 0.380. The van der Waals surface area contributed by atoms with Crippen molar-refractivity contribution in [3.8, 4) is 5.75 Å². The number of nitrogens with one attached hydrogen (secondary N) is 2. The fourth-order valence-electron chi connectivity index (χ4n) is 4.20. The van der Waals surface area contributed by atoms with Crippen molar-refractivity contribution < 1.29 is 23.8 Å². The van der Waals surface area contributed by atoms with E-state index in [0.717, 1.165) is 24.8 Å². The van der Waals surface area contributed by atoms with Crippen LogP contribution < -0.4 is 21.1 Å². The molecule has 1 aliphatic rings. The van der Waals surface area contributed by atoms with Crippen LogP contribution in [0.25, 0.3) is 0 Å². The van der Waals surface area contributed by atoms with Crippen LogP contribution in [0.4, 0.5) is 14.9 Å². The number of halogens is 2. The van der Waals surface area contributed by atoms with Gasteiger partial charge < -0.3 is 31.1 Å². The van der Waals surface area contributed by atoms with Gasteiger partial charge in [-0.05, 0) is 60.6 Å². The average molecular weight is 493 g/mol. The first-order valence-electron chi connectivity index (χ1n) is 11.1. The van der Waals surface area contributed by atoms with Gasteiger partial charge in [-0.2, -0.15) is 0 Å². The van der Waals surface area contributed by atoms with Crippen LogP contribution in [0.15, 0.2) is 42.5 Å². The van der Waals surface area contributed by atoms with Crippen LogP contribution in [0.5, 0.6) is 5.75 Å². The van der Waals surface area contributed by atoms with Crippen LogP contribution >= 0.6 is 11.6 Å². The number of hydrogen-bond donors (Lipinski definition) is 4. The van der Waals surface area contributed by atoms with E-state index in [9.17, 15) is 14.0 Å². The molecule has 0 aromatic heterocycles. The maximum Gasteiger partial charge on any atom is 0.316 e. The van der Waals surface area contributed by atoms with Gasteiger partial charge in [0.05, 0.1) is 12.3 Å². The molecule has 2 aromatic carbocycles. The number of rotatable bonds is 10. The van der Waals surface area contributed by atoms with Crippen molar-refractivity contribution in [3.05, 3.63) is 58.9 Å². The molecule has 0 spiro atoms. The maximum absolute atomic E-state index is 13.3. The first kappa shape index (κ1) is 25.7. The summed E-state index contributed by atoms with van der Waals surface area (Å²) in [6.07, 6.45) is 2.26. The van der Waals surface area contributed by atoms with Gasteiger partial charge in [0, 0.05) is 31.2 Å². The zero-order valence-corrected chi connectivity index (χ0v) is 19.6. The number of primary amides is 1. The van der Waals surface area contributed by atoms with Crippen molar-refractivity contribution in [1.82, 2.24) is 10.2 Å². The summed E-state index contributed by atoms with van der Waals surface area (Å²) in [7, 11) is 0. The number of hydrogen-bond acceptors (Lipinski definition) is 5. The number of aliphatic hydroxyl groups excluding tert-OH is 1. The lowest BCUT2D eigenvalue weighted by Gasteiger charge is -2.42. The van der Waals surface area contributed by atoms with Crippen molar-refractivity contribution in [2.75, 3.05) is 44.7 Å². The highest BCUT2D eigenvalue weighted by Gasteiger charge is 2.36. The average Bonchev–Trinajstić information content (AvgIpc) is 2.80. The molecule has 1 aliphatic heterocycles. The van der Waals surface area contributed by atoms with Crippen LogP contribution in [0.2, 0.25) is 5.02 Å². The minimum atomic E-state index is -0.762. The number of amides is 3. The largest absolute Gasteiger partial charge is 0.482 e. The number of piperidine rings is 1. The Bertz CT molecular complexity index is 981. The van der Waals surface area contributed by atoms with Crippen LogP contribution in [-0.4, -0.2) is 61.3 Å². The third-order valence-electron chi connectivity index (χ3n) is 6.01. The van der Waals surface area contributed by atoms with Crippen molar-refractivity contribution in [1.29, 1.82) is 0 Å². The summed E-state index contributed by atoms with van der Waals surface area (Å²) < 4.78 is 19.0. The van der Waals surface area contributed by atoms with Gasteiger partial charge in [-0.3, -0.25) is 4.79 Å². The molecule has 34 heavy (non-hydrogen) atoms. The molecular weight excluding hydrogens is 463 g/mol. The Labute approximate surface area is 203 Å². The van der Waals surface area contributed by atoms with Gasteiger partial charge in [-0.15, -0.1) is 0 Å². The highest BCUT2D eigenvalue weighted by Crippen LogP contribution is 2.35. The zero-order chi connectivity index (χ0) is 24.6. The lowest BCUT2D eigenvalue weighted by molar-refractivity contribution is -0.135. The lowest BCUT2D eigenvalue weighted by Crippen LogP contribution is -2.49. The van der Waals surface area contributed by atoms with Crippen LogP contribution in [-0.2, 0) is 11.2 Å². The normalized spacial score (nSPS) is 15.1. The van der Waals surface area contributed by atoms with Gasteiger partial charge in [0.1, 0.15) is 11.6 Å². The van der Waals surface area contributed by atoms with Gasteiger partial charge in [-0.1, -0.05) is 23.7 Å². The minimum Gasteiger partial charge on any atom is -0.482 e. The molecule has 0 radical (unpaired) electrons. The maximum atomic E-state index is 13.3. The van der Waals surface area contributed by atoms with Gasteiger partial charge in [0.2, 0.25) is 0 Å². The number of aliphatic hydroxyl groups is 1. The van der Waals surface area contributed by atoms with E-state index < -0.39 is 6.03 Å². The minimum absolute atomic E-state index is 0.0475. The fraction of sp³-hybridized carbons (Fsp3) is 0.417. The number of nitrogens with zero attached hydrogens (tertiary/aromatic N) is 1. The molecule has 0 unspecified atom stereocenters. The molecule has 1 saturated heterocycles. The molecule has 1 fully saturated rings. The second-order valence-electron chi connectivity index (χ2n) is 8.50. The number of ether oxygens (including phenoxy) is 1. The van der Waals surface area contributed by atoms with E-state index >= 15 is 0 Å². The third kappa shape index (κ3) is 7.31. The Morgan fingerprint density at radius 1 is 1.18 bits per heavy atom.